The number of aliphatic hydroxyl groups excluding tert-OH is 1. The van der Waals surface area contributed by atoms with Gasteiger partial charge >= 0.3 is 0 Å². The Labute approximate surface area is 125 Å². The van der Waals surface area contributed by atoms with Gasteiger partial charge in [0.2, 0.25) is 0 Å². The average Bonchev–Trinajstić information content (AvgIpc) is 2.45. The third kappa shape index (κ3) is 3.60. The van der Waals surface area contributed by atoms with E-state index in [2.05, 4.69) is 31.3 Å². The first-order valence-electron chi connectivity index (χ1n) is 6.81. The number of aryl methyl sites for hydroxylation is 1. The molecule has 0 heterocycles. The van der Waals surface area contributed by atoms with E-state index in [4.69, 9.17) is 11.6 Å². The molecule has 20 heavy (non-hydrogen) atoms. The van der Waals surface area contributed by atoms with Crippen LogP contribution in [0.15, 0.2) is 48.5 Å². The minimum atomic E-state index is -0.602. The van der Waals surface area contributed by atoms with Crippen LogP contribution in [-0.4, -0.2) is 11.7 Å². The topological polar surface area (TPSA) is 32.3 Å². The third-order valence-corrected chi connectivity index (χ3v) is 3.88. The van der Waals surface area contributed by atoms with Gasteiger partial charge in [-0.15, -0.1) is 0 Å². The first-order valence-corrected chi connectivity index (χ1v) is 7.19. The van der Waals surface area contributed by atoms with Crippen molar-refractivity contribution in [3.8, 4) is 0 Å². The molecule has 0 bridgehead atoms. The number of rotatable bonds is 5. The number of halogens is 1. The number of nitrogens with one attached hydrogen (secondary N) is 1. The zero-order valence-electron chi connectivity index (χ0n) is 11.8. The number of aliphatic hydroxyl groups is 1. The molecule has 2 aromatic rings. The maximum atomic E-state index is 10.2. The van der Waals surface area contributed by atoms with Crippen LogP contribution in [0.25, 0.3) is 0 Å². The molecule has 0 aliphatic carbocycles. The Morgan fingerprint density at radius 1 is 1.05 bits per heavy atom. The molecule has 2 rings (SSSR count). The molecular weight excluding hydrogens is 270 g/mol. The SMILES string of the molecule is Cc1ccccc1[C@H](C)NCC(O)c1ccccc1Cl. The van der Waals surface area contributed by atoms with Crippen LogP contribution >= 0.6 is 11.6 Å². The van der Waals surface area contributed by atoms with E-state index in [1.165, 1.54) is 11.1 Å². The van der Waals surface area contributed by atoms with E-state index in [1.807, 2.05) is 30.3 Å². The first-order chi connectivity index (χ1) is 9.59. The van der Waals surface area contributed by atoms with E-state index < -0.39 is 6.10 Å². The summed E-state index contributed by atoms with van der Waals surface area (Å²) in [5.41, 5.74) is 3.26. The van der Waals surface area contributed by atoms with Gasteiger partial charge in [-0.25, -0.2) is 0 Å². The van der Waals surface area contributed by atoms with E-state index in [1.54, 1.807) is 6.07 Å². The van der Waals surface area contributed by atoms with Crippen LogP contribution in [-0.2, 0) is 0 Å². The number of hydrogen-bond acceptors (Lipinski definition) is 2. The predicted molar refractivity (Wildman–Crippen MR) is 84.0 cm³/mol. The third-order valence-electron chi connectivity index (χ3n) is 3.54. The Kier molecular flexibility index (Phi) is 5.18. The van der Waals surface area contributed by atoms with Crippen molar-refractivity contribution in [1.82, 2.24) is 5.32 Å². The zero-order chi connectivity index (χ0) is 14.5. The largest absolute Gasteiger partial charge is 0.387 e. The van der Waals surface area contributed by atoms with Crippen LogP contribution in [0.1, 0.15) is 35.8 Å². The molecule has 0 radical (unpaired) electrons. The summed E-state index contributed by atoms with van der Waals surface area (Å²) in [4.78, 5) is 0. The second kappa shape index (κ2) is 6.89. The van der Waals surface area contributed by atoms with Crippen LogP contribution in [0.4, 0.5) is 0 Å². The quantitative estimate of drug-likeness (QED) is 0.871. The molecule has 2 aromatic carbocycles. The van der Waals surface area contributed by atoms with Gasteiger partial charge < -0.3 is 10.4 Å². The lowest BCUT2D eigenvalue weighted by atomic mass is 10.0. The van der Waals surface area contributed by atoms with E-state index in [-0.39, 0.29) is 6.04 Å². The van der Waals surface area contributed by atoms with Crippen molar-refractivity contribution < 1.29 is 5.11 Å². The Hall–Kier alpha value is -1.35. The fourth-order valence-corrected chi connectivity index (χ4v) is 2.59. The summed E-state index contributed by atoms with van der Waals surface area (Å²) in [7, 11) is 0. The predicted octanol–water partition coefficient (Wildman–Crippen LogP) is 4.03. The van der Waals surface area contributed by atoms with Crippen molar-refractivity contribution in [2.24, 2.45) is 0 Å². The summed E-state index contributed by atoms with van der Waals surface area (Å²) in [5.74, 6) is 0. The van der Waals surface area contributed by atoms with Crippen LogP contribution < -0.4 is 5.32 Å². The van der Waals surface area contributed by atoms with Crippen LogP contribution in [0.5, 0.6) is 0 Å². The molecule has 2 N–H and O–H groups in total. The summed E-state index contributed by atoms with van der Waals surface area (Å²) in [5, 5.41) is 14.2. The molecule has 106 valence electrons. The first kappa shape index (κ1) is 15.0. The number of benzene rings is 2. The van der Waals surface area contributed by atoms with Gasteiger partial charge in [-0.05, 0) is 31.0 Å². The maximum Gasteiger partial charge on any atom is 0.0928 e. The van der Waals surface area contributed by atoms with E-state index in [0.29, 0.717) is 11.6 Å². The molecule has 3 heteroatoms. The second-order valence-corrected chi connectivity index (χ2v) is 5.43. The summed E-state index contributed by atoms with van der Waals surface area (Å²) in [6.07, 6.45) is -0.602. The van der Waals surface area contributed by atoms with Gasteiger partial charge in [0, 0.05) is 23.2 Å². The summed E-state index contributed by atoms with van der Waals surface area (Å²) < 4.78 is 0. The zero-order valence-corrected chi connectivity index (χ0v) is 12.6. The monoisotopic (exact) mass is 289 g/mol. The molecule has 1 unspecified atom stereocenters. The molecule has 0 fully saturated rings. The minimum Gasteiger partial charge on any atom is -0.387 e. The van der Waals surface area contributed by atoms with Crippen LogP contribution in [0.2, 0.25) is 5.02 Å². The van der Waals surface area contributed by atoms with Crippen molar-refractivity contribution in [3.63, 3.8) is 0 Å². The summed E-state index contributed by atoms with van der Waals surface area (Å²) >= 11 is 6.09. The lowest BCUT2D eigenvalue weighted by molar-refractivity contribution is 0.171. The van der Waals surface area contributed by atoms with Crippen molar-refractivity contribution in [2.45, 2.75) is 26.0 Å². The van der Waals surface area contributed by atoms with Crippen molar-refractivity contribution in [3.05, 3.63) is 70.2 Å². The Morgan fingerprint density at radius 3 is 2.30 bits per heavy atom. The highest BCUT2D eigenvalue weighted by atomic mass is 35.5. The molecule has 2 atom stereocenters. The smallest absolute Gasteiger partial charge is 0.0928 e. The highest BCUT2D eigenvalue weighted by molar-refractivity contribution is 6.31. The highest BCUT2D eigenvalue weighted by Gasteiger charge is 2.13. The van der Waals surface area contributed by atoms with Gasteiger partial charge in [-0.2, -0.15) is 0 Å². The summed E-state index contributed by atoms with van der Waals surface area (Å²) in [6, 6.07) is 15.9. The molecule has 0 saturated carbocycles. The lowest BCUT2D eigenvalue weighted by Gasteiger charge is -2.19. The standard InChI is InChI=1S/C17H20ClNO/c1-12-7-3-4-8-14(12)13(2)19-11-17(20)15-9-5-6-10-16(15)18/h3-10,13,17,19-20H,11H2,1-2H3/t13-,17?/m0/s1. The Bertz CT molecular complexity index is 519. The molecule has 0 saturated heterocycles. The van der Waals surface area contributed by atoms with Gasteiger partial charge in [0.15, 0.2) is 0 Å². The fourth-order valence-electron chi connectivity index (χ4n) is 2.33. The fraction of sp³-hybridized carbons (Fsp3) is 0.294. The average molecular weight is 290 g/mol. The van der Waals surface area contributed by atoms with E-state index in [9.17, 15) is 5.11 Å². The highest BCUT2D eigenvalue weighted by Crippen LogP contribution is 2.23. The van der Waals surface area contributed by atoms with Crippen molar-refractivity contribution in [1.29, 1.82) is 0 Å². The maximum absolute atomic E-state index is 10.2. The number of hydrogen-bond donors (Lipinski definition) is 2. The molecule has 0 aliphatic rings. The lowest BCUT2D eigenvalue weighted by Crippen LogP contribution is -2.25. The molecule has 0 spiro atoms. The van der Waals surface area contributed by atoms with Gasteiger partial charge in [0.1, 0.15) is 0 Å². The molecule has 2 nitrogen and oxygen atoms in total. The molecule has 0 amide bonds. The van der Waals surface area contributed by atoms with Gasteiger partial charge in [0.25, 0.3) is 0 Å². The normalized spacial score (nSPS) is 14.0. The van der Waals surface area contributed by atoms with E-state index >= 15 is 0 Å². The molecular formula is C17H20ClNO. The minimum absolute atomic E-state index is 0.188. The Balaban J connectivity index is 1.99. The molecule has 0 aliphatic heterocycles. The summed E-state index contributed by atoms with van der Waals surface area (Å²) in [6.45, 7) is 4.67. The molecule has 0 aromatic heterocycles. The second-order valence-electron chi connectivity index (χ2n) is 5.02. The van der Waals surface area contributed by atoms with Gasteiger partial charge in [-0.3, -0.25) is 0 Å². The van der Waals surface area contributed by atoms with Crippen LogP contribution in [0.3, 0.4) is 0 Å². The van der Waals surface area contributed by atoms with Gasteiger partial charge in [0.05, 0.1) is 6.10 Å². The Morgan fingerprint density at radius 2 is 1.65 bits per heavy atom. The van der Waals surface area contributed by atoms with Gasteiger partial charge in [-0.1, -0.05) is 54.1 Å². The van der Waals surface area contributed by atoms with E-state index in [0.717, 1.165) is 5.56 Å². The van der Waals surface area contributed by atoms with Crippen LogP contribution in [0, 0.1) is 6.92 Å². The van der Waals surface area contributed by atoms with Crippen molar-refractivity contribution >= 4 is 11.6 Å². The van der Waals surface area contributed by atoms with Crippen molar-refractivity contribution in [2.75, 3.05) is 6.54 Å².